The van der Waals surface area contributed by atoms with Crippen molar-refractivity contribution in [3.05, 3.63) is 35.4 Å². The summed E-state index contributed by atoms with van der Waals surface area (Å²) in [5, 5.41) is 14.4. The SMILES string of the molecule is O=C([O-])CC1NN=Cc2ccccc21. The summed E-state index contributed by atoms with van der Waals surface area (Å²) in [6.45, 7) is 0. The van der Waals surface area contributed by atoms with Gasteiger partial charge in [-0.15, -0.1) is 0 Å². The molecule has 0 radical (unpaired) electrons. The number of carbonyl (C=O) groups is 1. The van der Waals surface area contributed by atoms with Crippen molar-refractivity contribution in [1.82, 2.24) is 5.43 Å². The molecule has 1 aromatic carbocycles. The molecule has 1 aromatic rings. The smallest absolute Gasteiger partial charge is 0.0747 e. The maximum Gasteiger partial charge on any atom is 0.0747 e. The third kappa shape index (κ3) is 1.59. The lowest BCUT2D eigenvalue weighted by Gasteiger charge is -2.22. The van der Waals surface area contributed by atoms with E-state index >= 15 is 0 Å². The van der Waals surface area contributed by atoms with Gasteiger partial charge in [-0.25, -0.2) is 0 Å². The zero-order valence-electron chi connectivity index (χ0n) is 7.43. The third-order valence-corrected chi connectivity index (χ3v) is 2.18. The molecule has 1 N–H and O–H groups in total. The Bertz CT molecular complexity index is 387. The fourth-order valence-electron chi connectivity index (χ4n) is 1.53. The van der Waals surface area contributed by atoms with Crippen molar-refractivity contribution >= 4 is 12.2 Å². The minimum Gasteiger partial charge on any atom is -0.550 e. The molecule has 1 unspecified atom stereocenters. The molecule has 0 amide bonds. The van der Waals surface area contributed by atoms with Crippen LogP contribution in [-0.4, -0.2) is 12.2 Å². The van der Waals surface area contributed by atoms with Crippen molar-refractivity contribution in [2.45, 2.75) is 12.5 Å². The van der Waals surface area contributed by atoms with Gasteiger partial charge in [0, 0.05) is 12.4 Å². The van der Waals surface area contributed by atoms with E-state index in [1.165, 1.54) is 0 Å². The lowest BCUT2D eigenvalue weighted by atomic mass is 9.98. The lowest BCUT2D eigenvalue weighted by Crippen LogP contribution is -2.30. The third-order valence-electron chi connectivity index (χ3n) is 2.18. The first-order valence-electron chi connectivity index (χ1n) is 4.35. The van der Waals surface area contributed by atoms with Crippen LogP contribution in [0, 0.1) is 0 Å². The summed E-state index contributed by atoms with van der Waals surface area (Å²) < 4.78 is 0. The Morgan fingerprint density at radius 1 is 1.50 bits per heavy atom. The van der Waals surface area contributed by atoms with Crippen LogP contribution in [0.5, 0.6) is 0 Å². The molecule has 1 heterocycles. The second-order valence-corrected chi connectivity index (χ2v) is 3.14. The van der Waals surface area contributed by atoms with E-state index in [2.05, 4.69) is 10.5 Å². The first-order chi connectivity index (χ1) is 6.77. The van der Waals surface area contributed by atoms with Gasteiger partial charge < -0.3 is 15.3 Å². The quantitative estimate of drug-likeness (QED) is 0.701. The van der Waals surface area contributed by atoms with Crippen LogP contribution in [0.2, 0.25) is 0 Å². The van der Waals surface area contributed by atoms with Crippen LogP contribution in [0.25, 0.3) is 0 Å². The predicted molar refractivity (Wildman–Crippen MR) is 49.5 cm³/mol. The van der Waals surface area contributed by atoms with Gasteiger partial charge in [0.15, 0.2) is 0 Å². The summed E-state index contributed by atoms with van der Waals surface area (Å²) in [7, 11) is 0. The van der Waals surface area contributed by atoms with Gasteiger partial charge >= 0.3 is 0 Å². The number of carbonyl (C=O) groups excluding carboxylic acids is 1. The number of hydrogen-bond acceptors (Lipinski definition) is 4. The summed E-state index contributed by atoms with van der Waals surface area (Å²) in [5.74, 6) is -1.07. The molecule has 0 spiro atoms. The molecule has 1 atom stereocenters. The maximum atomic E-state index is 10.5. The van der Waals surface area contributed by atoms with E-state index in [1.807, 2.05) is 24.3 Å². The summed E-state index contributed by atoms with van der Waals surface area (Å²) in [5.41, 5.74) is 4.66. The minimum absolute atomic E-state index is 0.0612. The normalized spacial score (nSPS) is 18.4. The van der Waals surface area contributed by atoms with Gasteiger partial charge in [0.1, 0.15) is 0 Å². The van der Waals surface area contributed by atoms with Gasteiger partial charge in [-0.2, -0.15) is 5.10 Å². The van der Waals surface area contributed by atoms with Crippen LogP contribution >= 0.6 is 0 Å². The van der Waals surface area contributed by atoms with E-state index in [0.717, 1.165) is 11.1 Å². The van der Waals surface area contributed by atoms with Crippen LogP contribution in [0.3, 0.4) is 0 Å². The molecular weight excluding hydrogens is 180 g/mol. The molecule has 0 fully saturated rings. The van der Waals surface area contributed by atoms with E-state index < -0.39 is 5.97 Å². The van der Waals surface area contributed by atoms with Gasteiger partial charge in [0.05, 0.1) is 12.3 Å². The highest BCUT2D eigenvalue weighted by atomic mass is 16.4. The van der Waals surface area contributed by atoms with Crippen LogP contribution in [0.4, 0.5) is 0 Å². The summed E-state index contributed by atoms with van der Waals surface area (Å²) in [6, 6.07) is 7.29. The van der Waals surface area contributed by atoms with Gasteiger partial charge in [-0.1, -0.05) is 24.3 Å². The highest BCUT2D eigenvalue weighted by Gasteiger charge is 2.16. The van der Waals surface area contributed by atoms with Gasteiger partial charge in [0.25, 0.3) is 0 Å². The minimum atomic E-state index is -1.07. The largest absolute Gasteiger partial charge is 0.550 e. The fraction of sp³-hybridized carbons (Fsp3) is 0.200. The van der Waals surface area contributed by atoms with E-state index in [4.69, 9.17) is 0 Å². The Kier molecular flexibility index (Phi) is 2.18. The number of benzene rings is 1. The Hall–Kier alpha value is -1.84. The average molecular weight is 189 g/mol. The monoisotopic (exact) mass is 189 g/mol. The van der Waals surface area contributed by atoms with Crippen molar-refractivity contribution in [3.63, 3.8) is 0 Å². The summed E-state index contributed by atoms with van der Waals surface area (Å²) in [6.07, 6.45) is 1.62. The molecule has 0 saturated heterocycles. The van der Waals surface area contributed by atoms with Crippen molar-refractivity contribution in [2.75, 3.05) is 0 Å². The zero-order chi connectivity index (χ0) is 9.97. The number of carboxylic acid groups (broad SMARTS) is 1. The molecule has 0 saturated carbocycles. The van der Waals surface area contributed by atoms with Gasteiger partial charge in [-0.3, -0.25) is 0 Å². The van der Waals surface area contributed by atoms with E-state index in [1.54, 1.807) is 6.21 Å². The Balaban J connectivity index is 2.31. The molecule has 0 aromatic heterocycles. The standard InChI is InChI=1S/C10H10N2O2/c13-10(14)5-9-8-4-2-1-3-7(8)6-11-12-9/h1-4,6,9,12H,5H2,(H,13,14)/p-1. The van der Waals surface area contributed by atoms with Crippen molar-refractivity contribution in [2.24, 2.45) is 5.10 Å². The number of carboxylic acids is 1. The number of fused-ring (bicyclic) bond motifs is 1. The van der Waals surface area contributed by atoms with Crippen LogP contribution in [-0.2, 0) is 4.79 Å². The lowest BCUT2D eigenvalue weighted by molar-refractivity contribution is -0.306. The molecule has 1 aliphatic heterocycles. The zero-order valence-corrected chi connectivity index (χ0v) is 7.43. The highest BCUT2D eigenvalue weighted by molar-refractivity contribution is 5.83. The molecular formula is C10H9N2O2-. The Labute approximate surface area is 81.3 Å². The van der Waals surface area contributed by atoms with Crippen LogP contribution < -0.4 is 10.5 Å². The maximum absolute atomic E-state index is 10.5. The van der Waals surface area contributed by atoms with Crippen molar-refractivity contribution in [1.29, 1.82) is 0 Å². The fourth-order valence-corrected chi connectivity index (χ4v) is 1.53. The molecule has 2 rings (SSSR count). The number of hydrogen-bond donors (Lipinski definition) is 1. The second-order valence-electron chi connectivity index (χ2n) is 3.14. The van der Waals surface area contributed by atoms with Crippen LogP contribution in [0.1, 0.15) is 23.6 Å². The average Bonchev–Trinajstić information content (AvgIpc) is 2.18. The molecule has 0 bridgehead atoms. The van der Waals surface area contributed by atoms with Crippen molar-refractivity contribution < 1.29 is 9.90 Å². The first-order valence-corrected chi connectivity index (χ1v) is 4.35. The van der Waals surface area contributed by atoms with E-state index in [-0.39, 0.29) is 12.5 Å². The Morgan fingerprint density at radius 3 is 3.07 bits per heavy atom. The predicted octanol–water partition coefficient (Wildman–Crippen LogP) is -0.195. The summed E-state index contributed by atoms with van der Waals surface area (Å²) >= 11 is 0. The molecule has 4 nitrogen and oxygen atoms in total. The first kappa shape index (κ1) is 8.74. The second kappa shape index (κ2) is 3.49. The molecule has 4 heteroatoms. The van der Waals surface area contributed by atoms with Crippen molar-refractivity contribution in [3.8, 4) is 0 Å². The number of aliphatic carboxylic acids is 1. The molecule has 0 aliphatic carbocycles. The topological polar surface area (TPSA) is 64.5 Å². The number of nitrogens with zero attached hydrogens (tertiary/aromatic N) is 1. The van der Waals surface area contributed by atoms with Gasteiger partial charge in [0.2, 0.25) is 0 Å². The van der Waals surface area contributed by atoms with Gasteiger partial charge in [-0.05, 0) is 11.1 Å². The molecule has 72 valence electrons. The van der Waals surface area contributed by atoms with Crippen LogP contribution in [0.15, 0.2) is 29.4 Å². The Morgan fingerprint density at radius 2 is 2.29 bits per heavy atom. The summed E-state index contributed by atoms with van der Waals surface area (Å²) in [4.78, 5) is 10.5. The van der Waals surface area contributed by atoms with E-state index in [9.17, 15) is 9.90 Å². The number of nitrogens with one attached hydrogen (secondary N) is 1. The number of hydrazone groups is 1. The molecule has 1 aliphatic rings. The van der Waals surface area contributed by atoms with E-state index in [0.29, 0.717) is 0 Å². The number of rotatable bonds is 2. The molecule has 14 heavy (non-hydrogen) atoms. The highest BCUT2D eigenvalue weighted by Crippen LogP contribution is 2.22.